The first-order chi connectivity index (χ1) is 22.2. The Morgan fingerprint density at radius 1 is 0.851 bits per heavy atom. The first-order valence-corrected chi connectivity index (χ1v) is 14.5. The Balaban J connectivity index is 1.46. The summed E-state index contributed by atoms with van der Waals surface area (Å²) in [5.74, 6) is 0.204. The van der Waals surface area contributed by atoms with Crippen molar-refractivity contribution in [2.45, 2.75) is 47.4 Å². The third-order valence-corrected chi connectivity index (χ3v) is 6.65. The molecule has 248 valence electrons. The number of nitrogens with zero attached hydrogens (tertiary/aromatic N) is 2. The molecule has 2 amide bonds. The molecular formula is C34H35F3N4O6. The van der Waals surface area contributed by atoms with Crippen molar-refractivity contribution in [3.8, 4) is 34.3 Å². The molecule has 2 aromatic heterocycles. The number of urea groups is 1. The lowest BCUT2D eigenvalue weighted by atomic mass is 9.97. The molecule has 0 aliphatic rings. The van der Waals surface area contributed by atoms with E-state index in [4.69, 9.17) is 18.9 Å². The van der Waals surface area contributed by atoms with Crippen molar-refractivity contribution in [3.63, 3.8) is 0 Å². The summed E-state index contributed by atoms with van der Waals surface area (Å²) in [6.07, 6.45) is -1.70. The summed E-state index contributed by atoms with van der Waals surface area (Å²) in [6.45, 7) is 8.79. The summed E-state index contributed by atoms with van der Waals surface area (Å²) < 4.78 is 63.1. The normalized spacial score (nSPS) is 11.4. The molecule has 2 N–H and O–H groups in total. The number of amides is 2. The van der Waals surface area contributed by atoms with Crippen LogP contribution in [0.15, 0.2) is 67.0 Å². The summed E-state index contributed by atoms with van der Waals surface area (Å²) in [4.78, 5) is 33.7. The minimum atomic E-state index is -4.84. The van der Waals surface area contributed by atoms with Crippen molar-refractivity contribution >= 4 is 23.5 Å². The van der Waals surface area contributed by atoms with Gasteiger partial charge in [-0.05, 0) is 88.2 Å². The highest BCUT2D eigenvalue weighted by Gasteiger charge is 2.36. The van der Waals surface area contributed by atoms with Gasteiger partial charge in [0, 0.05) is 29.2 Å². The average molecular weight is 653 g/mol. The number of pyridine rings is 2. The highest BCUT2D eigenvalue weighted by Crippen LogP contribution is 2.39. The van der Waals surface area contributed by atoms with Crippen molar-refractivity contribution in [2.75, 3.05) is 24.4 Å². The van der Waals surface area contributed by atoms with Crippen molar-refractivity contribution in [3.05, 3.63) is 83.7 Å². The molecule has 0 spiro atoms. The number of aromatic nitrogens is 2. The Morgan fingerprint density at radius 3 is 2.15 bits per heavy atom. The van der Waals surface area contributed by atoms with E-state index in [1.165, 1.54) is 33.0 Å². The molecule has 0 fully saturated rings. The van der Waals surface area contributed by atoms with Crippen molar-refractivity contribution in [1.82, 2.24) is 9.97 Å². The molecule has 0 unspecified atom stereocenters. The van der Waals surface area contributed by atoms with E-state index in [2.05, 4.69) is 20.6 Å². The smallest absolute Gasteiger partial charge is 0.420 e. The molecule has 2 aromatic carbocycles. The molecule has 10 nitrogen and oxygen atoms in total. The van der Waals surface area contributed by atoms with Gasteiger partial charge in [0.1, 0.15) is 29.5 Å². The van der Waals surface area contributed by atoms with Gasteiger partial charge in [0.2, 0.25) is 0 Å². The van der Waals surface area contributed by atoms with Crippen LogP contribution in [0.5, 0.6) is 23.1 Å². The second kappa shape index (κ2) is 14.4. The van der Waals surface area contributed by atoms with E-state index in [0.717, 1.165) is 17.4 Å². The maximum Gasteiger partial charge on any atom is 0.420 e. The SMILES string of the molecule is CCOc1cc(-c2cnc(NC(=O)Nc3ccc(OC(=O)C(C)(C)C)c(C(F)(F)F)c3)c(C)c2)cnc1OCc1ccc(OC)cc1. The zero-order valence-electron chi connectivity index (χ0n) is 26.7. The van der Waals surface area contributed by atoms with Gasteiger partial charge in [0.15, 0.2) is 5.75 Å². The third-order valence-electron chi connectivity index (χ3n) is 6.65. The summed E-state index contributed by atoms with van der Waals surface area (Å²) in [5, 5.41) is 4.91. The number of halogens is 3. The van der Waals surface area contributed by atoms with Crippen LogP contribution in [0.3, 0.4) is 0 Å². The van der Waals surface area contributed by atoms with Crippen LogP contribution in [0, 0.1) is 12.3 Å². The van der Waals surface area contributed by atoms with Crippen LogP contribution in [0.1, 0.15) is 44.4 Å². The van der Waals surface area contributed by atoms with Gasteiger partial charge in [-0.2, -0.15) is 13.2 Å². The maximum atomic E-state index is 13.8. The number of carbonyl (C=O) groups excluding carboxylic acids is 2. The largest absolute Gasteiger partial charge is 0.497 e. The first kappa shape index (κ1) is 34.5. The summed E-state index contributed by atoms with van der Waals surface area (Å²) in [7, 11) is 1.60. The van der Waals surface area contributed by atoms with Gasteiger partial charge >= 0.3 is 18.2 Å². The lowest BCUT2D eigenvalue weighted by Crippen LogP contribution is -2.26. The fourth-order valence-electron chi connectivity index (χ4n) is 4.14. The van der Waals surface area contributed by atoms with Gasteiger partial charge < -0.3 is 24.3 Å². The molecule has 2 heterocycles. The van der Waals surface area contributed by atoms with Crippen LogP contribution in [0.4, 0.5) is 29.5 Å². The number of rotatable bonds is 10. The van der Waals surface area contributed by atoms with E-state index < -0.39 is 34.9 Å². The zero-order chi connectivity index (χ0) is 34.4. The second-order valence-corrected chi connectivity index (χ2v) is 11.4. The van der Waals surface area contributed by atoms with Crippen LogP contribution in [-0.2, 0) is 17.6 Å². The Morgan fingerprint density at radius 2 is 1.53 bits per heavy atom. The molecule has 0 aliphatic carbocycles. The molecule has 4 rings (SSSR count). The lowest BCUT2D eigenvalue weighted by molar-refractivity contribution is -0.147. The zero-order valence-corrected chi connectivity index (χ0v) is 26.7. The Kier molecular flexibility index (Phi) is 10.6. The minimum Gasteiger partial charge on any atom is -0.497 e. The molecule has 4 aromatic rings. The molecule has 0 radical (unpaired) electrons. The molecule has 13 heteroatoms. The molecule has 0 aliphatic heterocycles. The number of carbonyl (C=O) groups is 2. The molecule has 0 saturated heterocycles. The molecule has 47 heavy (non-hydrogen) atoms. The third kappa shape index (κ3) is 9.12. The minimum absolute atomic E-state index is 0.163. The number of alkyl halides is 3. The highest BCUT2D eigenvalue weighted by molar-refractivity contribution is 5.99. The van der Waals surface area contributed by atoms with Crippen LogP contribution >= 0.6 is 0 Å². The van der Waals surface area contributed by atoms with Crippen molar-refractivity contribution in [2.24, 2.45) is 5.41 Å². The van der Waals surface area contributed by atoms with Gasteiger partial charge in [-0.25, -0.2) is 14.8 Å². The standard InChI is InChI=1S/C34H35F3N4O6/c1-7-45-28-15-23(18-39-30(28)46-19-21-8-11-25(44-6)12-9-21)22-14-20(2)29(38-17-22)41-32(43)40-24-10-13-27(26(16-24)34(35,36)37)47-31(42)33(3,4)5/h8-18H,7,19H2,1-6H3,(H2,38,40,41,43). The van der Waals surface area contributed by atoms with Gasteiger partial charge in [0.05, 0.1) is 19.1 Å². The van der Waals surface area contributed by atoms with E-state index in [1.807, 2.05) is 31.2 Å². The number of hydrogen-bond acceptors (Lipinski definition) is 8. The number of esters is 1. The van der Waals surface area contributed by atoms with Crippen molar-refractivity contribution in [1.29, 1.82) is 0 Å². The van der Waals surface area contributed by atoms with Crippen LogP contribution < -0.4 is 29.6 Å². The number of methoxy groups -OCH3 is 1. The quantitative estimate of drug-likeness (QED) is 0.130. The Labute approximate surface area is 270 Å². The summed E-state index contributed by atoms with van der Waals surface area (Å²) in [5.41, 5.74) is 0.481. The predicted octanol–water partition coefficient (Wildman–Crippen LogP) is 8.05. The number of nitrogens with one attached hydrogen (secondary N) is 2. The Bertz CT molecular complexity index is 1740. The van der Waals surface area contributed by atoms with Crippen LogP contribution in [0.2, 0.25) is 0 Å². The number of ether oxygens (including phenoxy) is 4. The fraction of sp³-hybridized carbons (Fsp3) is 0.294. The van der Waals surface area contributed by atoms with Gasteiger partial charge in [-0.3, -0.25) is 10.1 Å². The summed E-state index contributed by atoms with van der Waals surface area (Å²) in [6, 6.07) is 13.1. The van der Waals surface area contributed by atoms with Crippen LogP contribution in [0.25, 0.3) is 11.1 Å². The van der Waals surface area contributed by atoms with Gasteiger partial charge in [0.25, 0.3) is 5.88 Å². The monoisotopic (exact) mass is 652 g/mol. The van der Waals surface area contributed by atoms with E-state index in [9.17, 15) is 22.8 Å². The Hall–Kier alpha value is -5.33. The van der Waals surface area contributed by atoms with E-state index >= 15 is 0 Å². The van der Waals surface area contributed by atoms with Gasteiger partial charge in [-0.15, -0.1) is 0 Å². The molecule has 0 bridgehead atoms. The number of benzene rings is 2. The predicted molar refractivity (Wildman–Crippen MR) is 170 cm³/mol. The number of anilines is 2. The second-order valence-electron chi connectivity index (χ2n) is 11.4. The van der Waals surface area contributed by atoms with E-state index in [-0.39, 0.29) is 18.1 Å². The lowest BCUT2D eigenvalue weighted by Gasteiger charge is -2.19. The van der Waals surface area contributed by atoms with Crippen LogP contribution in [-0.4, -0.2) is 35.7 Å². The number of hydrogen-bond donors (Lipinski definition) is 2. The van der Waals surface area contributed by atoms with E-state index in [0.29, 0.717) is 41.0 Å². The average Bonchev–Trinajstić information content (AvgIpc) is 3.01. The van der Waals surface area contributed by atoms with Crippen molar-refractivity contribution < 1.29 is 41.7 Å². The number of aryl methyl sites for hydroxylation is 1. The molecule has 0 atom stereocenters. The highest BCUT2D eigenvalue weighted by atomic mass is 19.4. The first-order valence-electron chi connectivity index (χ1n) is 14.5. The molecular weight excluding hydrogens is 617 g/mol. The van der Waals surface area contributed by atoms with E-state index in [1.54, 1.807) is 32.4 Å². The topological polar surface area (TPSA) is 121 Å². The summed E-state index contributed by atoms with van der Waals surface area (Å²) >= 11 is 0. The maximum absolute atomic E-state index is 13.8. The molecule has 0 saturated carbocycles. The fourth-order valence-corrected chi connectivity index (χ4v) is 4.14. The van der Waals surface area contributed by atoms with Gasteiger partial charge in [-0.1, -0.05) is 12.1 Å².